The van der Waals surface area contributed by atoms with Crippen molar-refractivity contribution in [2.24, 2.45) is 0 Å². The Morgan fingerprint density at radius 1 is 1.15 bits per heavy atom. The van der Waals surface area contributed by atoms with Gasteiger partial charge in [-0.1, -0.05) is 23.7 Å². The van der Waals surface area contributed by atoms with Crippen molar-refractivity contribution in [1.82, 2.24) is 14.7 Å². The van der Waals surface area contributed by atoms with Gasteiger partial charge in [-0.25, -0.2) is 23.6 Å². The van der Waals surface area contributed by atoms with E-state index < -0.39 is 46.2 Å². The van der Waals surface area contributed by atoms with E-state index in [1.165, 1.54) is 19.2 Å². The highest BCUT2D eigenvalue weighted by molar-refractivity contribution is 7.89. The minimum atomic E-state index is -4.10. The lowest BCUT2D eigenvalue weighted by Gasteiger charge is -2.39. The lowest BCUT2D eigenvalue weighted by Crippen LogP contribution is -2.63. The van der Waals surface area contributed by atoms with Crippen molar-refractivity contribution >= 4 is 50.4 Å². The van der Waals surface area contributed by atoms with Crippen molar-refractivity contribution in [3.8, 4) is 0 Å². The van der Waals surface area contributed by atoms with Gasteiger partial charge in [0.1, 0.15) is 5.60 Å². The maximum atomic E-state index is 13.4. The van der Waals surface area contributed by atoms with Crippen LogP contribution >= 0.6 is 11.6 Å². The molecule has 0 spiro atoms. The predicted molar refractivity (Wildman–Crippen MR) is 124 cm³/mol. The van der Waals surface area contributed by atoms with E-state index >= 15 is 0 Å². The van der Waals surface area contributed by atoms with E-state index in [9.17, 15) is 22.8 Å². The zero-order valence-electron chi connectivity index (χ0n) is 19.2. The number of sulfonamides is 1. The number of carbonyl (C=O) groups is 3. The van der Waals surface area contributed by atoms with E-state index in [4.69, 9.17) is 16.3 Å². The van der Waals surface area contributed by atoms with Gasteiger partial charge in [0.2, 0.25) is 10.0 Å². The van der Waals surface area contributed by atoms with Gasteiger partial charge in [0.05, 0.1) is 31.0 Å². The molecule has 1 atom stereocenters. The fraction of sp³-hybridized carbons (Fsp3) is 0.409. The van der Waals surface area contributed by atoms with Gasteiger partial charge in [-0.05, 0) is 55.8 Å². The summed E-state index contributed by atoms with van der Waals surface area (Å²) < 4.78 is 37.6. The minimum Gasteiger partial charge on any atom is -0.469 e. The van der Waals surface area contributed by atoms with Crippen LogP contribution in [0.2, 0.25) is 5.02 Å². The quantitative estimate of drug-likeness (QED) is 0.612. The Kier molecular flexibility index (Phi) is 7.39. The third-order valence-corrected chi connectivity index (χ3v) is 7.05. The molecule has 0 radical (unpaired) electrons. The predicted octanol–water partition coefficient (Wildman–Crippen LogP) is 2.70. The number of rotatable bonds is 5. The Labute approximate surface area is 202 Å². The number of esters is 1. The number of fused-ring (bicyclic) bond motifs is 1. The number of piperazine rings is 1. The summed E-state index contributed by atoms with van der Waals surface area (Å²) in [7, 11) is -2.92. The molecule has 1 aliphatic heterocycles. The lowest BCUT2D eigenvalue weighted by atomic mass is 10.1. The molecule has 0 saturated carbocycles. The van der Waals surface area contributed by atoms with Crippen molar-refractivity contribution in [1.29, 1.82) is 0 Å². The topological polar surface area (TPSA) is 122 Å². The Hall–Kier alpha value is -2.89. The van der Waals surface area contributed by atoms with Gasteiger partial charge in [-0.15, -0.1) is 0 Å². The molecule has 3 rings (SSSR count). The molecule has 2 aromatic rings. The summed E-state index contributed by atoms with van der Waals surface area (Å²) in [5, 5.41) is 2.87. The molecular formula is C22H26ClN3O7S. The second-order valence-electron chi connectivity index (χ2n) is 8.76. The fourth-order valence-corrected chi connectivity index (χ4v) is 5.13. The van der Waals surface area contributed by atoms with Crippen molar-refractivity contribution in [2.45, 2.75) is 43.7 Å². The highest BCUT2D eigenvalue weighted by Crippen LogP contribution is 2.26. The standard InChI is InChI=1S/C22H26ClN3O7S/c1-22(2,3)33-21(29)24-26-17(11-20(28)32-4)12-25(13-19(26)27)34(30,31)18-8-6-14-9-16(23)7-5-15(14)10-18/h5-10,17H,11-13H2,1-4H3,(H,24,29). The highest BCUT2D eigenvalue weighted by atomic mass is 35.5. The van der Waals surface area contributed by atoms with Crippen LogP contribution in [0.3, 0.4) is 0 Å². The Bertz CT molecular complexity index is 1230. The molecule has 0 bridgehead atoms. The molecule has 0 aliphatic carbocycles. The summed E-state index contributed by atoms with van der Waals surface area (Å²) in [5.74, 6) is -1.39. The molecule has 1 aliphatic rings. The van der Waals surface area contributed by atoms with Gasteiger partial charge < -0.3 is 9.47 Å². The minimum absolute atomic E-state index is 0.0134. The summed E-state index contributed by atoms with van der Waals surface area (Å²) in [6.45, 7) is 4.19. The number of amides is 2. The van der Waals surface area contributed by atoms with Gasteiger partial charge in [0.25, 0.3) is 5.91 Å². The van der Waals surface area contributed by atoms with Crippen LogP contribution in [0.15, 0.2) is 41.3 Å². The number of nitrogens with one attached hydrogen (secondary N) is 1. The molecule has 1 unspecified atom stereocenters. The third kappa shape index (κ3) is 5.96. The zero-order valence-corrected chi connectivity index (χ0v) is 20.8. The maximum absolute atomic E-state index is 13.4. The maximum Gasteiger partial charge on any atom is 0.426 e. The van der Waals surface area contributed by atoms with Gasteiger partial charge in [-0.2, -0.15) is 4.31 Å². The molecule has 12 heteroatoms. The molecule has 0 aromatic heterocycles. The summed E-state index contributed by atoms with van der Waals surface area (Å²) in [5.41, 5.74) is 1.50. The number of halogens is 1. The molecule has 1 heterocycles. The van der Waals surface area contributed by atoms with Crippen LogP contribution in [0.25, 0.3) is 10.8 Å². The summed E-state index contributed by atoms with van der Waals surface area (Å²) in [4.78, 5) is 37.1. The number of hydrogen-bond donors (Lipinski definition) is 1. The van der Waals surface area contributed by atoms with Crippen LogP contribution in [-0.2, 0) is 29.1 Å². The molecule has 2 amide bonds. The molecular weight excluding hydrogens is 486 g/mol. The van der Waals surface area contributed by atoms with Gasteiger partial charge in [-0.3, -0.25) is 9.59 Å². The molecule has 1 saturated heterocycles. The smallest absolute Gasteiger partial charge is 0.426 e. The summed E-state index contributed by atoms with van der Waals surface area (Å²) in [6.07, 6.45) is -1.24. The number of methoxy groups -OCH3 is 1. The monoisotopic (exact) mass is 511 g/mol. The molecule has 10 nitrogen and oxygen atoms in total. The van der Waals surface area contributed by atoms with Crippen molar-refractivity contribution in [3.05, 3.63) is 41.4 Å². The van der Waals surface area contributed by atoms with Gasteiger partial charge >= 0.3 is 12.1 Å². The SMILES string of the molecule is COC(=O)CC1CN(S(=O)(=O)c2ccc3cc(Cl)ccc3c2)CC(=O)N1NC(=O)OC(C)(C)C. The van der Waals surface area contributed by atoms with E-state index in [-0.39, 0.29) is 17.9 Å². The number of hydrazine groups is 1. The molecule has 34 heavy (non-hydrogen) atoms. The number of nitrogens with zero attached hydrogens (tertiary/aromatic N) is 2. The van der Waals surface area contributed by atoms with Crippen molar-refractivity contribution in [2.75, 3.05) is 20.2 Å². The highest BCUT2D eigenvalue weighted by Gasteiger charge is 2.41. The van der Waals surface area contributed by atoms with E-state index in [0.29, 0.717) is 10.4 Å². The average molecular weight is 512 g/mol. The van der Waals surface area contributed by atoms with Crippen LogP contribution in [0.1, 0.15) is 27.2 Å². The van der Waals surface area contributed by atoms with E-state index in [2.05, 4.69) is 10.2 Å². The van der Waals surface area contributed by atoms with Crippen LogP contribution in [0.5, 0.6) is 0 Å². The molecule has 2 aromatic carbocycles. The number of ether oxygens (including phenoxy) is 2. The average Bonchev–Trinajstić information content (AvgIpc) is 2.73. The first kappa shape index (κ1) is 25.7. The first-order valence-corrected chi connectivity index (χ1v) is 12.2. The van der Waals surface area contributed by atoms with Crippen LogP contribution in [-0.4, -0.2) is 67.5 Å². The molecule has 184 valence electrons. The first-order valence-electron chi connectivity index (χ1n) is 10.4. The second-order valence-corrected chi connectivity index (χ2v) is 11.1. The third-order valence-electron chi connectivity index (χ3n) is 5.01. The van der Waals surface area contributed by atoms with E-state index in [1.807, 2.05) is 0 Å². The zero-order chi connectivity index (χ0) is 25.3. The number of carbonyl (C=O) groups excluding carboxylic acids is 3. The van der Waals surface area contributed by atoms with E-state index in [1.54, 1.807) is 45.0 Å². The Morgan fingerprint density at radius 2 is 1.79 bits per heavy atom. The van der Waals surface area contributed by atoms with Crippen LogP contribution in [0, 0.1) is 0 Å². The van der Waals surface area contributed by atoms with Gasteiger partial charge in [0.15, 0.2) is 0 Å². The first-order chi connectivity index (χ1) is 15.8. The number of hydrogen-bond acceptors (Lipinski definition) is 7. The molecule has 1 N–H and O–H groups in total. The lowest BCUT2D eigenvalue weighted by molar-refractivity contribution is -0.148. The van der Waals surface area contributed by atoms with Crippen LogP contribution in [0.4, 0.5) is 4.79 Å². The Morgan fingerprint density at radius 3 is 2.44 bits per heavy atom. The normalized spacial score (nSPS) is 17.5. The summed E-state index contributed by atoms with van der Waals surface area (Å²) >= 11 is 6.00. The van der Waals surface area contributed by atoms with Gasteiger partial charge in [0, 0.05) is 11.6 Å². The summed E-state index contributed by atoms with van der Waals surface area (Å²) in [6, 6.07) is 8.61. The van der Waals surface area contributed by atoms with E-state index in [0.717, 1.165) is 14.7 Å². The Balaban J connectivity index is 1.88. The fourth-order valence-electron chi connectivity index (χ4n) is 3.48. The molecule has 1 fully saturated rings. The number of benzene rings is 2. The largest absolute Gasteiger partial charge is 0.469 e. The second kappa shape index (κ2) is 9.77. The van der Waals surface area contributed by atoms with Crippen molar-refractivity contribution in [3.63, 3.8) is 0 Å². The van der Waals surface area contributed by atoms with Crippen LogP contribution < -0.4 is 5.43 Å². The van der Waals surface area contributed by atoms with Crippen molar-refractivity contribution < 1.29 is 32.3 Å².